The summed E-state index contributed by atoms with van der Waals surface area (Å²) in [5, 5.41) is 8.99. The molecule has 1 aromatic heterocycles. The molecule has 0 radical (unpaired) electrons. The van der Waals surface area contributed by atoms with Crippen LogP contribution in [0, 0.1) is 5.82 Å². The number of nitrogen functional groups attached to an aromatic ring is 1. The van der Waals surface area contributed by atoms with Crippen molar-refractivity contribution < 1.29 is 19.0 Å². The molecule has 6 nitrogen and oxygen atoms in total. The predicted octanol–water partition coefficient (Wildman–Crippen LogP) is 2.60. The third-order valence-corrected chi connectivity index (χ3v) is 3.72. The van der Waals surface area contributed by atoms with Crippen molar-refractivity contribution in [3.8, 4) is 17.0 Å². The summed E-state index contributed by atoms with van der Waals surface area (Å²) >= 11 is 0. The highest BCUT2D eigenvalue weighted by molar-refractivity contribution is 5.71. The van der Waals surface area contributed by atoms with Gasteiger partial charge in [-0.15, -0.1) is 0 Å². The van der Waals surface area contributed by atoms with Crippen molar-refractivity contribution in [3.05, 3.63) is 42.3 Å². The average Bonchev–Trinajstić information content (AvgIpc) is 2.99. The van der Waals surface area contributed by atoms with E-state index in [0.717, 1.165) is 5.56 Å². The summed E-state index contributed by atoms with van der Waals surface area (Å²) in [4.78, 5) is 16.5. The second-order valence-electron chi connectivity index (χ2n) is 5.39. The molecule has 0 saturated carbocycles. The maximum Gasteiger partial charge on any atom is 0.407 e. The van der Waals surface area contributed by atoms with Gasteiger partial charge in [0.25, 0.3) is 0 Å². The van der Waals surface area contributed by atoms with Crippen molar-refractivity contribution in [2.45, 2.75) is 12.5 Å². The van der Waals surface area contributed by atoms with Gasteiger partial charge < -0.3 is 20.5 Å². The summed E-state index contributed by atoms with van der Waals surface area (Å²) in [7, 11) is 0. The van der Waals surface area contributed by atoms with Gasteiger partial charge in [-0.3, -0.25) is 0 Å². The quantitative estimate of drug-likeness (QED) is 0.908. The summed E-state index contributed by atoms with van der Waals surface area (Å²) < 4.78 is 19.0. The summed E-state index contributed by atoms with van der Waals surface area (Å²) in [6.07, 6.45) is 0.856. The zero-order chi connectivity index (χ0) is 16.4. The molecule has 1 saturated heterocycles. The van der Waals surface area contributed by atoms with Crippen molar-refractivity contribution in [1.82, 2.24) is 9.88 Å². The number of anilines is 1. The molecule has 23 heavy (non-hydrogen) atoms. The third-order valence-electron chi connectivity index (χ3n) is 3.72. The van der Waals surface area contributed by atoms with E-state index in [2.05, 4.69) is 4.98 Å². The van der Waals surface area contributed by atoms with E-state index in [-0.39, 0.29) is 11.9 Å². The maximum atomic E-state index is 13.1. The van der Waals surface area contributed by atoms with Crippen molar-refractivity contribution in [2.75, 3.05) is 18.8 Å². The fraction of sp³-hybridized carbons (Fsp3) is 0.250. The topological polar surface area (TPSA) is 88.7 Å². The molecule has 2 heterocycles. The number of likely N-dealkylation sites (tertiary alicyclic amines) is 1. The molecule has 0 bridgehead atoms. The molecule has 7 heteroatoms. The van der Waals surface area contributed by atoms with Gasteiger partial charge in [0.2, 0.25) is 5.88 Å². The molecule has 1 fully saturated rings. The van der Waals surface area contributed by atoms with E-state index in [4.69, 9.17) is 15.6 Å². The molecule has 1 aromatic carbocycles. The number of benzene rings is 1. The molecular formula is C16H16FN3O3. The first kappa shape index (κ1) is 15.1. The van der Waals surface area contributed by atoms with E-state index in [9.17, 15) is 9.18 Å². The first-order valence-corrected chi connectivity index (χ1v) is 7.19. The number of nitrogens with two attached hydrogens (primary N) is 1. The summed E-state index contributed by atoms with van der Waals surface area (Å²) in [5.41, 5.74) is 7.64. The number of nitrogens with zero attached hydrogens (tertiary/aromatic N) is 2. The minimum absolute atomic E-state index is 0.263. The van der Waals surface area contributed by atoms with Crippen LogP contribution in [-0.2, 0) is 0 Å². The zero-order valence-corrected chi connectivity index (χ0v) is 12.3. The van der Waals surface area contributed by atoms with Gasteiger partial charge in [0.05, 0.1) is 18.4 Å². The van der Waals surface area contributed by atoms with E-state index >= 15 is 0 Å². The number of halogens is 1. The van der Waals surface area contributed by atoms with Crippen molar-refractivity contribution in [1.29, 1.82) is 0 Å². The molecule has 1 aliphatic heterocycles. The van der Waals surface area contributed by atoms with Gasteiger partial charge in [0.1, 0.15) is 11.9 Å². The van der Waals surface area contributed by atoms with Gasteiger partial charge in [-0.25, -0.2) is 14.2 Å². The third kappa shape index (κ3) is 3.33. The van der Waals surface area contributed by atoms with E-state index < -0.39 is 6.09 Å². The predicted molar refractivity (Wildman–Crippen MR) is 82.7 cm³/mol. The first-order chi connectivity index (χ1) is 11.0. The highest BCUT2D eigenvalue weighted by Gasteiger charge is 2.28. The summed E-state index contributed by atoms with van der Waals surface area (Å²) in [6.45, 7) is 0.727. The first-order valence-electron chi connectivity index (χ1n) is 7.19. The summed E-state index contributed by atoms with van der Waals surface area (Å²) in [6, 6.07) is 7.65. The standard InChI is InChI=1S/C16H16FN3O3/c17-11-3-1-10(2-4-11)14-7-12(18)8-19-15(14)23-13-5-6-20(9-13)16(21)22/h1-4,7-8,13H,5-6,9,18H2,(H,21,22). The highest BCUT2D eigenvalue weighted by atomic mass is 19.1. The second kappa shape index (κ2) is 6.12. The number of hydrogen-bond donors (Lipinski definition) is 2. The largest absolute Gasteiger partial charge is 0.472 e. The number of ether oxygens (including phenoxy) is 1. The fourth-order valence-corrected chi connectivity index (χ4v) is 2.55. The number of carboxylic acid groups (broad SMARTS) is 1. The SMILES string of the molecule is Nc1cnc(OC2CCN(C(=O)O)C2)c(-c2ccc(F)cc2)c1. The lowest BCUT2D eigenvalue weighted by atomic mass is 10.1. The Kier molecular flexibility index (Phi) is 4.01. The van der Waals surface area contributed by atoms with Crippen LogP contribution in [0.15, 0.2) is 36.5 Å². The molecule has 3 rings (SSSR count). The Labute approximate surface area is 132 Å². The lowest BCUT2D eigenvalue weighted by Gasteiger charge is -2.16. The van der Waals surface area contributed by atoms with Crippen LogP contribution in [0.3, 0.4) is 0 Å². The van der Waals surface area contributed by atoms with Gasteiger partial charge in [0.15, 0.2) is 0 Å². The molecule has 0 aliphatic carbocycles. The number of hydrogen-bond acceptors (Lipinski definition) is 4. The van der Waals surface area contributed by atoms with Crippen LogP contribution in [0.1, 0.15) is 6.42 Å². The molecule has 0 spiro atoms. The van der Waals surface area contributed by atoms with Crippen molar-refractivity contribution >= 4 is 11.8 Å². The van der Waals surface area contributed by atoms with Crippen LogP contribution in [0.25, 0.3) is 11.1 Å². The van der Waals surface area contributed by atoms with Gasteiger partial charge in [-0.1, -0.05) is 12.1 Å². The van der Waals surface area contributed by atoms with Crippen LogP contribution in [0.5, 0.6) is 5.88 Å². The lowest BCUT2D eigenvalue weighted by molar-refractivity contribution is 0.144. The van der Waals surface area contributed by atoms with Crippen molar-refractivity contribution in [2.24, 2.45) is 0 Å². The highest BCUT2D eigenvalue weighted by Crippen LogP contribution is 2.31. The van der Waals surface area contributed by atoms with Gasteiger partial charge >= 0.3 is 6.09 Å². The van der Waals surface area contributed by atoms with Crippen LogP contribution in [-0.4, -0.2) is 40.3 Å². The zero-order valence-electron chi connectivity index (χ0n) is 12.3. The van der Waals surface area contributed by atoms with E-state index in [1.165, 1.54) is 23.2 Å². The van der Waals surface area contributed by atoms with E-state index in [1.54, 1.807) is 18.2 Å². The number of pyridine rings is 1. The fourth-order valence-electron chi connectivity index (χ4n) is 2.55. The van der Waals surface area contributed by atoms with Gasteiger partial charge in [0, 0.05) is 18.5 Å². The Balaban J connectivity index is 1.85. The van der Waals surface area contributed by atoms with E-state index in [1.807, 2.05) is 0 Å². The Morgan fingerprint density at radius 3 is 2.78 bits per heavy atom. The minimum Gasteiger partial charge on any atom is -0.472 e. The second-order valence-corrected chi connectivity index (χ2v) is 5.39. The molecule has 1 amide bonds. The van der Waals surface area contributed by atoms with Crippen LogP contribution >= 0.6 is 0 Å². The molecule has 1 aliphatic rings. The Bertz CT molecular complexity index is 721. The van der Waals surface area contributed by atoms with E-state index in [0.29, 0.717) is 36.6 Å². The Morgan fingerprint density at radius 1 is 1.39 bits per heavy atom. The van der Waals surface area contributed by atoms with Crippen molar-refractivity contribution in [3.63, 3.8) is 0 Å². The van der Waals surface area contributed by atoms with Gasteiger partial charge in [-0.2, -0.15) is 0 Å². The molecule has 120 valence electrons. The molecule has 2 aromatic rings. The molecular weight excluding hydrogens is 301 g/mol. The normalized spacial score (nSPS) is 17.3. The number of carbonyl (C=O) groups is 1. The molecule has 3 N–H and O–H groups in total. The molecule has 1 unspecified atom stereocenters. The lowest BCUT2D eigenvalue weighted by Crippen LogP contribution is -2.29. The Hall–Kier alpha value is -2.83. The summed E-state index contributed by atoms with van der Waals surface area (Å²) in [5.74, 6) is 0.0315. The Morgan fingerprint density at radius 2 is 2.13 bits per heavy atom. The maximum absolute atomic E-state index is 13.1. The van der Waals surface area contributed by atoms with Crippen LogP contribution in [0.4, 0.5) is 14.9 Å². The monoisotopic (exact) mass is 317 g/mol. The average molecular weight is 317 g/mol. The number of amides is 1. The van der Waals surface area contributed by atoms with Crippen LogP contribution in [0.2, 0.25) is 0 Å². The van der Waals surface area contributed by atoms with Gasteiger partial charge in [-0.05, 0) is 23.8 Å². The number of aromatic nitrogens is 1. The number of rotatable bonds is 3. The molecule has 1 atom stereocenters. The minimum atomic E-state index is -0.958. The smallest absolute Gasteiger partial charge is 0.407 e. The van der Waals surface area contributed by atoms with Crippen LogP contribution < -0.4 is 10.5 Å².